The molecule has 0 saturated heterocycles. The largest absolute Gasteiger partial charge is 0.478 e. The molecule has 0 aliphatic heterocycles. The number of carboxylic acid groups (broad SMARTS) is 1. The van der Waals surface area contributed by atoms with E-state index in [-0.39, 0.29) is 17.8 Å². The lowest BCUT2D eigenvalue weighted by molar-refractivity contribution is 0.0696. The van der Waals surface area contributed by atoms with E-state index in [1.165, 1.54) is 23.5 Å². The lowest BCUT2D eigenvalue weighted by atomic mass is 10.2. The topological polar surface area (TPSA) is 91.3 Å². The first-order chi connectivity index (χ1) is 9.56. The van der Waals surface area contributed by atoms with Gasteiger partial charge >= 0.3 is 12.0 Å². The lowest BCUT2D eigenvalue weighted by Gasteiger charge is -2.07. The molecule has 6 nitrogen and oxygen atoms in total. The van der Waals surface area contributed by atoms with Crippen LogP contribution in [0, 0.1) is 5.82 Å². The number of anilines is 1. The van der Waals surface area contributed by atoms with Gasteiger partial charge in [-0.3, -0.25) is 0 Å². The number of carbonyl (C=O) groups excluding carboxylic acids is 1. The zero-order chi connectivity index (χ0) is 14.5. The van der Waals surface area contributed by atoms with Gasteiger partial charge in [0.25, 0.3) is 0 Å². The molecule has 2 aromatic rings. The van der Waals surface area contributed by atoms with E-state index < -0.39 is 17.8 Å². The molecule has 1 heterocycles. The number of urea groups is 1. The number of rotatable bonds is 4. The Balaban J connectivity index is 1.95. The summed E-state index contributed by atoms with van der Waals surface area (Å²) < 4.78 is 13.6. The average Bonchev–Trinajstić information content (AvgIpc) is 2.91. The van der Waals surface area contributed by atoms with Crippen molar-refractivity contribution in [3.8, 4) is 0 Å². The van der Waals surface area contributed by atoms with Gasteiger partial charge in [-0.15, -0.1) is 11.3 Å². The first-order valence-corrected chi connectivity index (χ1v) is 6.40. The minimum absolute atomic E-state index is 0.0911. The van der Waals surface area contributed by atoms with E-state index in [1.54, 1.807) is 11.6 Å². The number of aromatic nitrogens is 1. The molecule has 0 saturated carbocycles. The van der Waals surface area contributed by atoms with Crippen LogP contribution in [-0.4, -0.2) is 22.1 Å². The van der Waals surface area contributed by atoms with Gasteiger partial charge in [-0.2, -0.15) is 0 Å². The molecule has 0 unspecified atom stereocenters. The van der Waals surface area contributed by atoms with Crippen molar-refractivity contribution < 1.29 is 19.1 Å². The molecule has 2 rings (SSSR count). The van der Waals surface area contributed by atoms with Crippen molar-refractivity contribution in [1.29, 1.82) is 0 Å². The highest BCUT2D eigenvalue weighted by Crippen LogP contribution is 2.15. The molecule has 104 valence electrons. The van der Waals surface area contributed by atoms with Crippen molar-refractivity contribution in [2.24, 2.45) is 0 Å². The number of carboxylic acids is 1. The van der Waals surface area contributed by atoms with Gasteiger partial charge in [-0.25, -0.2) is 19.0 Å². The summed E-state index contributed by atoms with van der Waals surface area (Å²) in [6, 6.07) is 2.66. The van der Waals surface area contributed by atoms with E-state index in [4.69, 9.17) is 5.11 Å². The highest BCUT2D eigenvalue weighted by atomic mass is 32.1. The number of carbonyl (C=O) groups is 2. The van der Waals surface area contributed by atoms with Gasteiger partial charge in [0.05, 0.1) is 17.8 Å². The predicted molar refractivity (Wildman–Crippen MR) is 71.3 cm³/mol. The number of hydrogen-bond acceptors (Lipinski definition) is 4. The minimum atomic E-state index is -1.23. The molecule has 1 aromatic heterocycles. The molecule has 0 bridgehead atoms. The highest BCUT2D eigenvalue weighted by Gasteiger charge is 2.10. The Hall–Kier alpha value is -2.48. The van der Waals surface area contributed by atoms with E-state index in [0.717, 1.165) is 11.1 Å². The normalized spacial score (nSPS) is 10.1. The Kier molecular flexibility index (Phi) is 4.26. The van der Waals surface area contributed by atoms with E-state index in [2.05, 4.69) is 15.6 Å². The molecule has 0 fully saturated rings. The number of hydrogen-bond donors (Lipinski definition) is 3. The molecule has 20 heavy (non-hydrogen) atoms. The first kappa shape index (κ1) is 13.9. The molecule has 0 spiro atoms. The smallest absolute Gasteiger partial charge is 0.335 e. The minimum Gasteiger partial charge on any atom is -0.478 e. The van der Waals surface area contributed by atoms with Crippen LogP contribution in [0.15, 0.2) is 29.8 Å². The molecule has 0 aliphatic rings. The Morgan fingerprint density at radius 1 is 1.40 bits per heavy atom. The number of halogens is 1. The third-order valence-corrected chi connectivity index (χ3v) is 3.13. The maximum Gasteiger partial charge on any atom is 0.335 e. The number of nitrogens with zero attached hydrogens (tertiary/aromatic N) is 1. The van der Waals surface area contributed by atoms with Crippen molar-refractivity contribution >= 4 is 29.0 Å². The number of nitrogens with one attached hydrogen (secondary N) is 2. The second kappa shape index (κ2) is 6.11. The monoisotopic (exact) mass is 295 g/mol. The fourth-order valence-corrected chi connectivity index (χ4v) is 1.97. The zero-order valence-electron chi connectivity index (χ0n) is 10.1. The molecular weight excluding hydrogens is 285 g/mol. The number of benzene rings is 1. The Bertz CT molecular complexity index is 631. The van der Waals surface area contributed by atoms with Crippen LogP contribution in [0.3, 0.4) is 0 Å². The molecular formula is C12H10FN3O3S. The third kappa shape index (κ3) is 3.51. The maximum absolute atomic E-state index is 13.6. The molecule has 1 aromatic carbocycles. The molecule has 0 radical (unpaired) electrons. The Labute approximate surface area is 117 Å². The second-order valence-electron chi connectivity index (χ2n) is 3.73. The highest BCUT2D eigenvalue weighted by molar-refractivity contribution is 7.09. The summed E-state index contributed by atoms with van der Waals surface area (Å²) in [6.45, 7) is 0.234. The predicted octanol–water partition coefficient (Wildman–Crippen LogP) is 2.30. The summed E-state index contributed by atoms with van der Waals surface area (Å²) in [5, 5.41) is 16.0. The van der Waals surface area contributed by atoms with Crippen LogP contribution in [-0.2, 0) is 6.54 Å². The lowest BCUT2D eigenvalue weighted by Crippen LogP contribution is -2.28. The van der Waals surface area contributed by atoms with Crippen LogP contribution >= 0.6 is 11.3 Å². The Morgan fingerprint density at radius 3 is 2.80 bits per heavy atom. The van der Waals surface area contributed by atoms with Crippen molar-refractivity contribution in [3.05, 3.63) is 46.2 Å². The van der Waals surface area contributed by atoms with Gasteiger partial charge in [0.15, 0.2) is 0 Å². The standard InChI is InChI=1S/C12H10FN3O3S/c13-8-5-7(11(17)18)1-2-9(8)16-12(19)15-6-10-14-3-4-20-10/h1-5H,6H2,(H,17,18)(H2,15,16,19). The van der Waals surface area contributed by atoms with Crippen LogP contribution in [0.1, 0.15) is 15.4 Å². The Morgan fingerprint density at radius 2 is 2.20 bits per heavy atom. The van der Waals surface area contributed by atoms with E-state index in [9.17, 15) is 14.0 Å². The zero-order valence-corrected chi connectivity index (χ0v) is 10.9. The van der Waals surface area contributed by atoms with Gasteiger partial charge in [-0.1, -0.05) is 0 Å². The van der Waals surface area contributed by atoms with Crippen molar-refractivity contribution in [3.63, 3.8) is 0 Å². The molecule has 8 heteroatoms. The summed E-state index contributed by atoms with van der Waals surface area (Å²) in [7, 11) is 0. The van der Waals surface area contributed by atoms with Crippen molar-refractivity contribution in [2.75, 3.05) is 5.32 Å². The van der Waals surface area contributed by atoms with Gasteiger partial charge < -0.3 is 15.7 Å². The maximum atomic E-state index is 13.6. The summed E-state index contributed by atoms with van der Waals surface area (Å²) in [4.78, 5) is 26.2. The summed E-state index contributed by atoms with van der Waals surface area (Å²) in [5.41, 5.74) is -0.275. The van der Waals surface area contributed by atoms with Gasteiger partial charge in [0.2, 0.25) is 0 Å². The summed E-state index contributed by atoms with van der Waals surface area (Å²) in [5.74, 6) is -2.04. The first-order valence-electron chi connectivity index (χ1n) is 5.52. The van der Waals surface area contributed by atoms with Crippen LogP contribution in [0.25, 0.3) is 0 Å². The number of amides is 2. The molecule has 0 aliphatic carbocycles. The fourth-order valence-electron chi connectivity index (χ4n) is 1.41. The second-order valence-corrected chi connectivity index (χ2v) is 4.71. The molecule has 3 N–H and O–H groups in total. The van der Waals surface area contributed by atoms with Gasteiger partial charge in [-0.05, 0) is 18.2 Å². The summed E-state index contributed by atoms with van der Waals surface area (Å²) >= 11 is 1.39. The number of thiazole rings is 1. The summed E-state index contributed by atoms with van der Waals surface area (Å²) in [6.07, 6.45) is 1.61. The van der Waals surface area contributed by atoms with E-state index in [1.807, 2.05) is 0 Å². The van der Waals surface area contributed by atoms with Crippen LogP contribution < -0.4 is 10.6 Å². The van der Waals surface area contributed by atoms with Crippen LogP contribution in [0.2, 0.25) is 0 Å². The van der Waals surface area contributed by atoms with Gasteiger partial charge in [0.1, 0.15) is 10.8 Å². The van der Waals surface area contributed by atoms with Gasteiger partial charge in [0, 0.05) is 11.6 Å². The van der Waals surface area contributed by atoms with E-state index >= 15 is 0 Å². The molecule has 2 amide bonds. The SMILES string of the molecule is O=C(NCc1nccs1)Nc1ccc(C(=O)O)cc1F. The van der Waals surface area contributed by atoms with Crippen molar-refractivity contribution in [2.45, 2.75) is 6.54 Å². The quantitative estimate of drug-likeness (QED) is 0.807. The fraction of sp³-hybridized carbons (Fsp3) is 0.0833. The van der Waals surface area contributed by atoms with E-state index in [0.29, 0.717) is 0 Å². The van der Waals surface area contributed by atoms with Crippen LogP contribution in [0.4, 0.5) is 14.9 Å². The third-order valence-electron chi connectivity index (χ3n) is 2.35. The average molecular weight is 295 g/mol. The molecule has 0 atom stereocenters. The number of aromatic carboxylic acids is 1. The van der Waals surface area contributed by atoms with Crippen LogP contribution in [0.5, 0.6) is 0 Å². The van der Waals surface area contributed by atoms with Crippen molar-refractivity contribution in [1.82, 2.24) is 10.3 Å².